The zero-order valence-electron chi connectivity index (χ0n) is 9.49. The molecule has 0 atom stereocenters. The van der Waals surface area contributed by atoms with Gasteiger partial charge in [0.05, 0.1) is 6.54 Å². The topological polar surface area (TPSA) is 24.4 Å². The molecule has 0 radical (unpaired) electrons. The molecule has 0 fully saturated rings. The summed E-state index contributed by atoms with van der Waals surface area (Å²) in [6.45, 7) is 1.90. The molecule has 2 aromatic rings. The van der Waals surface area contributed by atoms with Crippen LogP contribution in [0.2, 0.25) is 0 Å². The van der Waals surface area contributed by atoms with Gasteiger partial charge in [0.15, 0.2) is 0 Å². The van der Waals surface area contributed by atoms with E-state index in [1.165, 1.54) is 16.3 Å². The van der Waals surface area contributed by atoms with E-state index < -0.39 is 0 Å². The van der Waals surface area contributed by atoms with E-state index in [0.29, 0.717) is 0 Å². The number of benzene rings is 2. The Balaban J connectivity index is 0.00000108. The highest BCUT2D eigenvalue weighted by Gasteiger charge is 2.07. The van der Waals surface area contributed by atoms with Crippen LogP contribution in [0.25, 0.3) is 10.8 Å². The van der Waals surface area contributed by atoms with E-state index in [-0.39, 0.29) is 12.4 Å². The largest absolute Gasteiger partial charge is 1.00 e. The van der Waals surface area contributed by atoms with Gasteiger partial charge >= 0.3 is 0 Å². The molecule has 0 unspecified atom stereocenters. The minimum atomic E-state index is 0. The van der Waals surface area contributed by atoms with Gasteiger partial charge in [-0.3, -0.25) is 4.99 Å². The van der Waals surface area contributed by atoms with Gasteiger partial charge in [-0.2, -0.15) is 0 Å². The Labute approximate surface area is 107 Å². The van der Waals surface area contributed by atoms with Crippen LogP contribution in [-0.2, 0) is 6.42 Å². The summed E-state index contributed by atoms with van der Waals surface area (Å²) in [5.74, 6) is 1.12. The molecule has 0 saturated heterocycles. The molecule has 0 aliphatic carbocycles. The van der Waals surface area contributed by atoms with Crippen molar-refractivity contribution in [3.63, 3.8) is 0 Å². The van der Waals surface area contributed by atoms with Gasteiger partial charge < -0.3 is 17.7 Å². The van der Waals surface area contributed by atoms with Crippen LogP contribution >= 0.6 is 0 Å². The fourth-order valence-corrected chi connectivity index (χ4v) is 2.19. The molecule has 0 saturated carbocycles. The molecule has 3 rings (SSSR count). The van der Waals surface area contributed by atoms with Crippen molar-refractivity contribution in [1.82, 2.24) is 5.32 Å². The predicted octanol–water partition coefficient (Wildman–Crippen LogP) is -0.612. The number of rotatable bonds is 2. The Hall–Kier alpha value is -1.54. The second-order valence-electron chi connectivity index (χ2n) is 4.07. The Bertz CT molecular complexity index is 543. The standard InChI is InChI=1S/C14H14N2.ClH/c1-2-7-13-11(4-1)5-3-6-12(13)10-14-15-8-9-16-14;/h1-7H,8-10H2,(H,15,16);1H/p-1. The predicted molar refractivity (Wildman–Crippen MR) is 68.0 cm³/mol. The second kappa shape index (κ2) is 5.19. The molecule has 2 aromatic carbocycles. The molecule has 2 nitrogen and oxygen atoms in total. The van der Waals surface area contributed by atoms with Crippen LogP contribution in [0.1, 0.15) is 5.56 Å². The summed E-state index contributed by atoms with van der Waals surface area (Å²) < 4.78 is 0. The molecule has 1 aliphatic rings. The summed E-state index contributed by atoms with van der Waals surface area (Å²) in [5.41, 5.74) is 1.35. The Morgan fingerprint density at radius 1 is 1.06 bits per heavy atom. The smallest absolute Gasteiger partial charge is 0.101 e. The molecule has 1 N–H and O–H groups in total. The third-order valence-corrected chi connectivity index (χ3v) is 2.98. The third kappa shape index (κ3) is 2.42. The van der Waals surface area contributed by atoms with Crippen LogP contribution in [0.4, 0.5) is 0 Å². The third-order valence-electron chi connectivity index (χ3n) is 2.98. The first-order chi connectivity index (χ1) is 7.93. The van der Waals surface area contributed by atoms with Gasteiger partial charge in [-0.05, 0) is 16.3 Å². The molecular formula is C14H14ClN2-. The fraction of sp³-hybridized carbons (Fsp3) is 0.214. The SMILES string of the molecule is [Cl-].c1ccc2c(CC3=NCCN3)cccc2c1. The maximum Gasteiger partial charge on any atom is 0.101 e. The van der Waals surface area contributed by atoms with E-state index >= 15 is 0 Å². The Kier molecular flexibility index (Phi) is 3.64. The monoisotopic (exact) mass is 245 g/mol. The summed E-state index contributed by atoms with van der Waals surface area (Å²) in [6.07, 6.45) is 0.918. The van der Waals surface area contributed by atoms with Crippen LogP contribution in [0.5, 0.6) is 0 Å². The van der Waals surface area contributed by atoms with Gasteiger partial charge in [0.1, 0.15) is 5.84 Å². The van der Waals surface area contributed by atoms with E-state index in [4.69, 9.17) is 0 Å². The van der Waals surface area contributed by atoms with E-state index in [0.717, 1.165) is 25.3 Å². The number of aliphatic imine (C=N–C) groups is 1. The molecule has 1 aliphatic heterocycles. The highest BCUT2D eigenvalue weighted by atomic mass is 35.5. The van der Waals surface area contributed by atoms with Gasteiger partial charge in [0.2, 0.25) is 0 Å². The number of nitrogens with zero attached hydrogens (tertiary/aromatic N) is 1. The lowest BCUT2D eigenvalue weighted by Crippen LogP contribution is -3.00. The lowest BCUT2D eigenvalue weighted by Gasteiger charge is -2.06. The number of fused-ring (bicyclic) bond motifs is 1. The van der Waals surface area contributed by atoms with Crippen molar-refractivity contribution < 1.29 is 12.4 Å². The zero-order chi connectivity index (χ0) is 10.8. The van der Waals surface area contributed by atoms with Crippen molar-refractivity contribution in [1.29, 1.82) is 0 Å². The van der Waals surface area contributed by atoms with E-state index in [9.17, 15) is 0 Å². The second-order valence-corrected chi connectivity index (χ2v) is 4.07. The van der Waals surface area contributed by atoms with E-state index in [1.807, 2.05) is 0 Å². The number of amidine groups is 1. The normalized spacial score (nSPS) is 14.0. The van der Waals surface area contributed by atoms with Crippen molar-refractivity contribution in [3.8, 4) is 0 Å². The molecule has 0 spiro atoms. The number of hydrogen-bond acceptors (Lipinski definition) is 2. The van der Waals surface area contributed by atoms with Gasteiger partial charge in [-0.15, -0.1) is 0 Å². The van der Waals surface area contributed by atoms with Crippen molar-refractivity contribution in [2.24, 2.45) is 4.99 Å². The summed E-state index contributed by atoms with van der Waals surface area (Å²) >= 11 is 0. The van der Waals surface area contributed by atoms with Crippen LogP contribution in [-0.4, -0.2) is 18.9 Å². The molecule has 17 heavy (non-hydrogen) atoms. The van der Waals surface area contributed by atoms with Gasteiger partial charge in [-0.25, -0.2) is 0 Å². The molecule has 3 heteroatoms. The minimum Gasteiger partial charge on any atom is -1.00 e. The van der Waals surface area contributed by atoms with Crippen LogP contribution < -0.4 is 17.7 Å². The Morgan fingerprint density at radius 3 is 2.71 bits per heavy atom. The maximum absolute atomic E-state index is 4.44. The first-order valence-electron chi connectivity index (χ1n) is 5.67. The molecule has 1 heterocycles. The summed E-state index contributed by atoms with van der Waals surface area (Å²) in [7, 11) is 0. The number of hydrogen-bond donors (Lipinski definition) is 1. The van der Waals surface area contributed by atoms with Crippen LogP contribution in [0.15, 0.2) is 47.5 Å². The quantitative estimate of drug-likeness (QED) is 0.750. The number of nitrogens with one attached hydrogen (secondary N) is 1. The summed E-state index contributed by atoms with van der Waals surface area (Å²) in [4.78, 5) is 4.44. The fourth-order valence-electron chi connectivity index (χ4n) is 2.19. The van der Waals surface area contributed by atoms with E-state index in [2.05, 4.69) is 52.8 Å². The molecule has 0 amide bonds. The highest BCUT2D eigenvalue weighted by Crippen LogP contribution is 2.19. The molecule has 88 valence electrons. The Morgan fingerprint density at radius 2 is 1.88 bits per heavy atom. The molecule has 0 bridgehead atoms. The minimum absolute atomic E-state index is 0. The molecular weight excluding hydrogens is 232 g/mol. The van der Waals surface area contributed by atoms with Gasteiger partial charge in [0.25, 0.3) is 0 Å². The average Bonchev–Trinajstić information content (AvgIpc) is 2.82. The number of halogens is 1. The van der Waals surface area contributed by atoms with E-state index in [1.54, 1.807) is 0 Å². The molecule has 0 aromatic heterocycles. The van der Waals surface area contributed by atoms with Gasteiger partial charge in [0, 0.05) is 13.0 Å². The zero-order valence-corrected chi connectivity index (χ0v) is 10.2. The maximum atomic E-state index is 4.44. The lowest BCUT2D eigenvalue weighted by molar-refractivity contribution is -0.00000325. The van der Waals surface area contributed by atoms with Gasteiger partial charge in [-0.1, -0.05) is 42.5 Å². The van der Waals surface area contributed by atoms with Crippen LogP contribution in [0, 0.1) is 0 Å². The highest BCUT2D eigenvalue weighted by molar-refractivity contribution is 5.92. The van der Waals surface area contributed by atoms with Crippen molar-refractivity contribution in [3.05, 3.63) is 48.0 Å². The first-order valence-corrected chi connectivity index (χ1v) is 5.67. The summed E-state index contributed by atoms with van der Waals surface area (Å²) in [6, 6.07) is 15.0. The van der Waals surface area contributed by atoms with Crippen LogP contribution in [0.3, 0.4) is 0 Å². The summed E-state index contributed by atoms with van der Waals surface area (Å²) in [5, 5.41) is 5.96. The van der Waals surface area contributed by atoms with Crippen molar-refractivity contribution in [2.45, 2.75) is 6.42 Å². The van der Waals surface area contributed by atoms with Crippen molar-refractivity contribution >= 4 is 16.6 Å². The van der Waals surface area contributed by atoms with Crippen molar-refractivity contribution in [2.75, 3.05) is 13.1 Å². The average molecular weight is 246 g/mol. The first kappa shape index (κ1) is 11.9. The lowest BCUT2D eigenvalue weighted by atomic mass is 10.0.